The first kappa shape index (κ1) is 24.5. The van der Waals surface area contributed by atoms with E-state index in [4.69, 9.17) is 0 Å². The first-order chi connectivity index (χ1) is 9.38. The van der Waals surface area contributed by atoms with E-state index in [-0.39, 0.29) is 22.5 Å². The number of nitrogens with zero attached hydrogens (tertiary/aromatic N) is 3. The van der Waals surface area contributed by atoms with Gasteiger partial charge in [-0.15, -0.1) is 12.2 Å². The van der Waals surface area contributed by atoms with Crippen LogP contribution >= 0.6 is 0 Å². The van der Waals surface area contributed by atoms with Crippen molar-refractivity contribution in [2.45, 2.75) is 45.9 Å². The van der Waals surface area contributed by atoms with Gasteiger partial charge in [0.1, 0.15) is 0 Å². The van der Waals surface area contributed by atoms with Crippen LogP contribution in [0.3, 0.4) is 0 Å². The van der Waals surface area contributed by atoms with E-state index in [0.717, 1.165) is 39.3 Å². The Balaban J connectivity index is 0. The average molecular weight is 359 g/mol. The van der Waals surface area contributed by atoms with E-state index in [9.17, 15) is 10.2 Å². The van der Waals surface area contributed by atoms with Crippen LogP contribution in [0.25, 0.3) is 0 Å². The summed E-state index contributed by atoms with van der Waals surface area (Å²) in [6.45, 7) is 14.8. The molecule has 1 aliphatic heterocycles. The second-order valence-electron chi connectivity index (χ2n) is 6.35. The second kappa shape index (κ2) is 12.7. The van der Waals surface area contributed by atoms with Gasteiger partial charge in [0.2, 0.25) is 0 Å². The maximum atomic E-state index is 11.4. The molecule has 2 atom stereocenters. The van der Waals surface area contributed by atoms with Crippen molar-refractivity contribution in [3.8, 4) is 0 Å². The first-order valence-corrected chi connectivity index (χ1v) is 7.89. The largest absolute Gasteiger partial charge is 6.00 e. The molecule has 0 saturated carbocycles. The summed E-state index contributed by atoms with van der Waals surface area (Å²) in [5.41, 5.74) is 0. The molecule has 0 spiro atoms. The average Bonchev–Trinajstić information content (AvgIpc) is 2.40. The minimum absolute atomic E-state index is 0. The van der Waals surface area contributed by atoms with E-state index in [1.54, 1.807) is 13.8 Å². The number of rotatable bonds is 5. The molecule has 0 aliphatic carbocycles. The van der Waals surface area contributed by atoms with Gasteiger partial charge in [-0.2, -0.15) is 0 Å². The molecule has 0 amide bonds. The fourth-order valence-corrected chi connectivity index (χ4v) is 2.77. The molecule has 1 aliphatic rings. The summed E-state index contributed by atoms with van der Waals surface area (Å²) >= 11 is 0. The maximum Gasteiger partial charge on any atom is 6.00 e. The Hall–Kier alpha value is 0.279. The van der Waals surface area contributed by atoms with Gasteiger partial charge in [-0.25, -0.2) is 0 Å². The summed E-state index contributed by atoms with van der Waals surface area (Å²) in [5.74, 6) is 0. The van der Waals surface area contributed by atoms with Gasteiger partial charge in [0.15, 0.2) is 0 Å². The summed E-state index contributed by atoms with van der Waals surface area (Å²) in [7, 11) is 0. The zero-order chi connectivity index (χ0) is 15.1. The molecule has 6 nitrogen and oxygen atoms in total. The van der Waals surface area contributed by atoms with E-state index < -0.39 is 12.2 Å². The van der Waals surface area contributed by atoms with Crippen LogP contribution in [0, 0.1) is 0 Å². The monoisotopic (exact) mass is 359 g/mol. The predicted octanol–water partition coefficient (Wildman–Crippen LogP) is -2.02. The van der Waals surface area contributed by atoms with Crippen molar-refractivity contribution < 1.29 is 32.8 Å². The minimum atomic E-state index is -0.546. The third-order valence-corrected chi connectivity index (χ3v) is 3.90. The van der Waals surface area contributed by atoms with Crippen LogP contribution < -0.4 is 10.2 Å². The Morgan fingerprint density at radius 3 is 1.32 bits per heavy atom. The Labute approximate surface area is 146 Å². The van der Waals surface area contributed by atoms with Crippen molar-refractivity contribution in [3.05, 3.63) is 0 Å². The van der Waals surface area contributed by atoms with Crippen molar-refractivity contribution >= 4 is 0 Å². The third kappa shape index (κ3) is 10.1. The topological polar surface area (TPSA) is 87.3 Å². The molecule has 1 heterocycles. The summed E-state index contributed by atoms with van der Waals surface area (Å²) in [4.78, 5) is 6.94. The number of hydrogen-bond acceptors (Lipinski definition) is 5. The van der Waals surface area contributed by atoms with Gasteiger partial charge in [-0.3, -0.25) is 4.90 Å². The van der Waals surface area contributed by atoms with E-state index in [2.05, 4.69) is 28.5 Å². The maximum absolute atomic E-state index is 11.4. The van der Waals surface area contributed by atoms with Gasteiger partial charge in [-0.05, 0) is 26.9 Å². The van der Waals surface area contributed by atoms with Crippen molar-refractivity contribution in [3.63, 3.8) is 0 Å². The Kier molecular flexibility index (Phi) is 14.1. The molecule has 0 aromatic heterocycles. The Morgan fingerprint density at radius 1 is 0.727 bits per heavy atom. The normalized spacial score (nSPS) is 22.0. The van der Waals surface area contributed by atoms with Gasteiger partial charge >= 0.3 is 17.1 Å². The molecule has 1 fully saturated rings. The van der Waals surface area contributed by atoms with E-state index in [0.29, 0.717) is 19.1 Å². The standard InChI is InChI=1S/C15H31N3O2.Fe.H2O/c1-13(2)18-9-7-16(11-14(3)19)5-6-17(8-10-18)12-15(4)20;;/h13-15H,5-12H2,1-4H3;;1H2/q-2;+6;/t14-,15-;;/m0../s1. The molecule has 1 rings (SSSR count). The fourth-order valence-electron chi connectivity index (χ4n) is 2.77. The summed E-state index contributed by atoms with van der Waals surface area (Å²) in [6.07, 6.45) is -1.09. The zero-order valence-corrected chi connectivity index (χ0v) is 15.5. The Bertz CT molecular complexity index is 246. The molecule has 22 heavy (non-hydrogen) atoms. The molecule has 0 aromatic carbocycles. The van der Waals surface area contributed by atoms with Crippen LogP contribution in [0.2, 0.25) is 0 Å². The Morgan fingerprint density at radius 2 is 1.05 bits per heavy atom. The summed E-state index contributed by atoms with van der Waals surface area (Å²) in [5, 5.41) is 22.9. The SMILES string of the molecule is CC(C)N1CCN(C[C@H](C)[O-])CCN(C[C@H](C)[O-])CC1.O.[Fe+6]. The predicted molar refractivity (Wildman–Crippen MR) is 82.1 cm³/mol. The summed E-state index contributed by atoms with van der Waals surface area (Å²) < 4.78 is 0. The molecule has 0 bridgehead atoms. The van der Waals surface area contributed by atoms with Crippen LogP contribution in [-0.2, 0) is 17.1 Å². The summed E-state index contributed by atoms with van der Waals surface area (Å²) in [6, 6.07) is 0.506. The van der Waals surface area contributed by atoms with Gasteiger partial charge in [0.25, 0.3) is 0 Å². The van der Waals surface area contributed by atoms with Crippen LogP contribution in [-0.4, -0.2) is 90.8 Å². The second-order valence-corrected chi connectivity index (χ2v) is 6.35. The van der Waals surface area contributed by atoms with Crippen molar-refractivity contribution in [1.29, 1.82) is 0 Å². The molecular weight excluding hydrogens is 326 g/mol. The molecular formula is C15H33FeN3O3+4. The zero-order valence-electron chi connectivity index (χ0n) is 14.4. The third-order valence-electron chi connectivity index (χ3n) is 3.90. The van der Waals surface area contributed by atoms with Crippen LogP contribution in [0.15, 0.2) is 0 Å². The smallest absolute Gasteiger partial charge is 0.851 e. The van der Waals surface area contributed by atoms with Gasteiger partial charge in [0, 0.05) is 45.3 Å². The first-order valence-electron chi connectivity index (χ1n) is 7.89. The molecule has 2 N–H and O–H groups in total. The van der Waals surface area contributed by atoms with Gasteiger partial charge in [0.05, 0.1) is 0 Å². The van der Waals surface area contributed by atoms with Gasteiger partial charge < -0.3 is 25.5 Å². The molecule has 0 unspecified atom stereocenters. The number of hydrogen-bond donors (Lipinski definition) is 0. The molecule has 130 valence electrons. The molecule has 0 radical (unpaired) electrons. The van der Waals surface area contributed by atoms with E-state index in [1.807, 2.05) is 0 Å². The van der Waals surface area contributed by atoms with Crippen LogP contribution in [0.4, 0.5) is 0 Å². The van der Waals surface area contributed by atoms with Gasteiger partial charge in [-0.1, -0.05) is 13.8 Å². The molecule has 1 saturated heterocycles. The fraction of sp³-hybridized carbons (Fsp3) is 1.00. The molecule has 0 aromatic rings. The van der Waals surface area contributed by atoms with Crippen molar-refractivity contribution in [1.82, 2.24) is 14.7 Å². The van der Waals surface area contributed by atoms with Crippen molar-refractivity contribution in [2.24, 2.45) is 0 Å². The quantitative estimate of drug-likeness (QED) is 0.529. The van der Waals surface area contributed by atoms with E-state index in [1.165, 1.54) is 0 Å². The van der Waals surface area contributed by atoms with Crippen LogP contribution in [0.5, 0.6) is 0 Å². The van der Waals surface area contributed by atoms with Crippen LogP contribution in [0.1, 0.15) is 27.7 Å². The van der Waals surface area contributed by atoms with Crippen molar-refractivity contribution in [2.75, 3.05) is 52.4 Å². The van der Waals surface area contributed by atoms with E-state index >= 15 is 0 Å². The molecule has 7 heteroatoms. The minimum Gasteiger partial charge on any atom is -0.851 e.